The molecule has 3 rings (SSSR count). The van der Waals surface area contributed by atoms with Crippen molar-refractivity contribution in [2.45, 2.75) is 25.8 Å². The maximum absolute atomic E-state index is 11.9. The van der Waals surface area contributed by atoms with Gasteiger partial charge in [0, 0.05) is 38.8 Å². The van der Waals surface area contributed by atoms with Crippen LogP contribution in [-0.4, -0.2) is 44.8 Å². The molecule has 21 heavy (non-hydrogen) atoms. The minimum atomic E-state index is 0.255. The number of nitrogens with one attached hydrogen (secondary N) is 1. The minimum Gasteiger partial charge on any atom is -0.343 e. The van der Waals surface area contributed by atoms with E-state index in [-0.39, 0.29) is 5.91 Å². The highest BCUT2D eigenvalue weighted by molar-refractivity contribution is 9.10. The zero-order valence-electron chi connectivity index (χ0n) is 11.8. The Hall–Kier alpha value is -1.47. The SMILES string of the molecule is O=C(CCNCc1cnc2cnc(Br)cn12)N1CCCC1. The van der Waals surface area contributed by atoms with E-state index in [4.69, 9.17) is 0 Å². The number of imidazole rings is 1. The van der Waals surface area contributed by atoms with E-state index in [1.54, 1.807) is 6.20 Å². The van der Waals surface area contributed by atoms with Gasteiger partial charge in [0.15, 0.2) is 5.65 Å². The topological polar surface area (TPSA) is 62.5 Å². The summed E-state index contributed by atoms with van der Waals surface area (Å²) in [6, 6.07) is 0. The fourth-order valence-corrected chi connectivity index (χ4v) is 2.89. The Morgan fingerprint density at radius 1 is 1.29 bits per heavy atom. The molecule has 2 aromatic heterocycles. The molecule has 0 aromatic carbocycles. The van der Waals surface area contributed by atoms with Crippen LogP contribution in [0.2, 0.25) is 0 Å². The first-order valence-corrected chi connectivity index (χ1v) is 7.99. The van der Waals surface area contributed by atoms with Crippen molar-refractivity contribution in [2.75, 3.05) is 19.6 Å². The molecule has 7 heteroatoms. The van der Waals surface area contributed by atoms with E-state index >= 15 is 0 Å². The Bertz CT molecular complexity index is 635. The number of likely N-dealkylation sites (tertiary alicyclic amines) is 1. The summed E-state index contributed by atoms with van der Waals surface area (Å²) in [6.45, 7) is 3.22. The highest BCUT2D eigenvalue weighted by Crippen LogP contribution is 2.11. The van der Waals surface area contributed by atoms with Gasteiger partial charge in [-0.2, -0.15) is 0 Å². The monoisotopic (exact) mass is 351 g/mol. The molecule has 6 nitrogen and oxygen atoms in total. The van der Waals surface area contributed by atoms with Gasteiger partial charge in [0.05, 0.1) is 18.1 Å². The largest absolute Gasteiger partial charge is 0.343 e. The average Bonchev–Trinajstić information content (AvgIpc) is 3.13. The van der Waals surface area contributed by atoms with Crippen molar-refractivity contribution < 1.29 is 4.79 Å². The van der Waals surface area contributed by atoms with Crippen LogP contribution in [0, 0.1) is 0 Å². The van der Waals surface area contributed by atoms with Gasteiger partial charge in [-0.1, -0.05) is 0 Å². The van der Waals surface area contributed by atoms with Crippen molar-refractivity contribution in [2.24, 2.45) is 0 Å². The van der Waals surface area contributed by atoms with Gasteiger partial charge in [0.1, 0.15) is 4.60 Å². The Morgan fingerprint density at radius 3 is 2.90 bits per heavy atom. The van der Waals surface area contributed by atoms with Crippen LogP contribution in [0.5, 0.6) is 0 Å². The first-order chi connectivity index (χ1) is 10.2. The van der Waals surface area contributed by atoms with Crippen LogP contribution in [0.25, 0.3) is 5.65 Å². The van der Waals surface area contributed by atoms with Crippen molar-refractivity contribution in [3.63, 3.8) is 0 Å². The van der Waals surface area contributed by atoms with Gasteiger partial charge in [0.25, 0.3) is 0 Å². The summed E-state index contributed by atoms with van der Waals surface area (Å²) in [4.78, 5) is 22.3. The van der Waals surface area contributed by atoms with Crippen LogP contribution in [0.4, 0.5) is 0 Å². The number of amides is 1. The lowest BCUT2D eigenvalue weighted by atomic mass is 10.3. The number of fused-ring (bicyclic) bond motifs is 1. The van der Waals surface area contributed by atoms with Crippen LogP contribution >= 0.6 is 15.9 Å². The molecule has 1 amide bonds. The third-order valence-electron chi connectivity index (χ3n) is 3.72. The highest BCUT2D eigenvalue weighted by Gasteiger charge is 2.16. The van der Waals surface area contributed by atoms with E-state index in [1.165, 1.54) is 0 Å². The summed E-state index contributed by atoms with van der Waals surface area (Å²) >= 11 is 3.36. The third kappa shape index (κ3) is 3.41. The minimum absolute atomic E-state index is 0.255. The van der Waals surface area contributed by atoms with E-state index in [2.05, 4.69) is 31.2 Å². The van der Waals surface area contributed by atoms with Crippen molar-refractivity contribution >= 4 is 27.5 Å². The lowest BCUT2D eigenvalue weighted by Gasteiger charge is -2.15. The maximum Gasteiger partial charge on any atom is 0.223 e. The van der Waals surface area contributed by atoms with E-state index in [0.29, 0.717) is 19.5 Å². The highest BCUT2D eigenvalue weighted by atomic mass is 79.9. The number of aromatic nitrogens is 3. The Labute approximate surface area is 131 Å². The predicted octanol–water partition coefficient (Wildman–Crippen LogP) is 1.59. The van der Waals surface area contributed by atoms with Gasteiger partial charge in [-0.15, -0.1) is 0 Å². The molecule has 2 aromatic rings. The fraction of sp³-hybridized carbons (Fsp3) is 0.500. The van der Waals surface area contributed by atoms with Crippen molar-refractivity contribution in [1.29, 1.82) is 0 Å². The fourth-order valence-electron chi connectivity index (χ4n) is 2.58. The normalized spacial score (nSPS) is 15.0. The second-order valence-corrected chi connectivity index (χ2v) is 6.01. The number of halogens is 1. The standard InChI is InChI=1S/C14H18BrN5O/c15-12-10-20-11(8-18-13(20)9-17-12)7-16-4-3-14(21)19-5-1-2-6-19/h8-10,16H,1-7H2. The summed E-state index contributed by atoms with van der Waals surface area (Å²) in [5.74, 6) is 0.255. The number of nitrogens with zero attached hydrogens (tertiary/aromatic N) is 4. The van der Waals surface area contributed by atoms with E-state index in [0.717, 1.165) is 41.9 Å². The Morgan fingerprint density at radius 2 is 2.10 bits per heavy atom. The Balaban J connectivity index is 1.50. The van der Waals surface area contributed by atoms with Gasteiger partial charge >= 0.3 is 0 Å². The lowest BCUT2D eigenvalue weighted by molar-refractivity contribution is -0.130. The summed E-state index contributed by atoms with van der Waals surface area (Å²) in [5, 5.41) is 3.31. The smallest absolute Gasteiger partial charge is 0.223 e. The zero-order chi connectivity index (χ0) is 14.7. The molecule has 112 valence electrons. The summed E-state index contributed by atoms with van der Waals surface area (Å²) in [7, 11) is 0. The number of rotatable bonds is 5. The van der Waals surface area contributed by atoms with Gasteiger partial charge in [0.2, 0.25) is 5.91 Å². The third-order valence-corrected chi connectivity index (χ3v) is 4.13. The molecule has 1 aliphatic rings. The van der Waals surface area contributed by atoms with Crippen LogP contribution < -0.4 is 5.32 Å². The molecule has 0 bridgehead atoms. The van der Waals surface area contributed by atoms with Crippen LogP contribution in [-0.2, 0) is 11.3 Å². The molecule has 1 fully saturated rings. The van der Waals surface area contributed by atoms with E-state index in [9.17, 15) is 4.79 Å². The second kappa shape index (κ2) is 6.53. The number of hydrogen-bond donors (Lipinski definition) is 1. The summed E-state index contributed by atoms with van der Waals surface area (Å²) < 4.78 is 2.77. The van der Waals surface area contributed by atoms with Crippen LogP contribution in [0.1, 0.15) is 25.0 Å². The molecule has 0 radical (unpaired) electrons. The van der Waals surface area contributed by atoms with Crippen molar-refractivity contribution in [1.82, 2.24) is 24.6 Å². The van der Waals surface area contributed by atoms with Gasteiger partial charge in [-0.3, -0.25) is 9.20 Å². The lowest BCUT2D eigenvalue weighted by Crippen LogP contribution is -2.30. The average molecular weight is 352 g/mol. The van der Waals surface area contributed by atoms with Crippen LogP contribution in [0.15, 0.2) is 23.2 Å². The summed E-state index contributed by atoms with van der Waals surface area (Å²) in [6.07, 6.45) is 8.30. The molecule has 1 aliphatic heterocycles. The number of carbonyl (C=O) groups excluding carboxylic acids is 1. The van der Waals surface area contributed by atoms with Gasteiger partial charge in [-0.05, 0) is 28.8 Å². The van der Waals surface area contributed by atoms with Gasteiger partial charge < -0.3 is 10.2 Å². The number of carbonyl (C=O) groups is 1. The van der Waals surface area contributed by atoms with Crippen molar-refractivity contribution in [3.05, 3.63) is 28.9 Å². The quantitative estimate of drug-likeness (QED) is 0.831. The first kappa shape index (κ1) is 14.5. The first-order valence-electron chi connectivity index (χ1n) is 7.20. The Kier molecular flexibility index (Phi) is 4.50. The van der Waals surface area contributed by atoms with E-state index < -0.39 is 0 Å². The molecule has 1 N–H and O–H groups in total. The molecule has 3 heterocycles. The van der Waals surface area contributed by atoms with Crippen molar-refractivity contribution in [3.8, 4) is 0 Å². The predicted molar refractivity (Wildman–Crippen MR) is 82.8 cm³/mol. The molecule has 0 spiro atoms. The number of hydrogen-bond acceptors (Lipinski definition) is 4. The van der Waals surface area contributed by atoms with Crippen LogP contribution in [0.3, 0.4) is 0 Å². The molecular weight excluding hydrogens is 334 g/mol. The summed E-state index contributed by atoms with van der Waals surface area (Å²) in [5.41, 5.74) is 1.88. The maximum atomic E-state index is 11.9. The molecule has 0 atom stereocenters. The molecule has 0 saturated carbocycles. The molecule has 0 unspecified atom stereocenters. The zero-order valence-corrected chi connectivity index (χ0v) is 13.3. The molecule has 1 saturated heterocycles. The molecular formula is C14H18BrN5O. The van der Waals surface area contributed by atoms with Gasteiger partial charge in [-0.25, -0.2) is 9.97 Å². The molecule has 0 aliphatic carbocycles. The van der Waals surface area contributed by atoms with E-state index in [1.807, 2.05) is 21.7 Å². The second-order valence-electron chi connectivity index (χ2n) is 5.20.